The Labute approximate surface area is 283 Å². The average Bonchev–Trinajstić information content (AvgIpc) is 3.66. The number of halogens is 2. The summed E-state index contributed by atoms with van der Waals surface area (Å²) in [6.45, 7) is 2.48. The van der Waals surface area contributed by atoms with Gasteiger partial charge in [0.1, 0.15) is 18.2 Å². The highest BCUT2D eigenvalue weighted by Gasteiger charge is 2.48. The van der Waals surface area contributed by atoms with Crippen LogP contribution in [0.5, 0.6) is 11.5 Å². The number of benzene rings is 4. The predicted molar refractivity (Wildman–Crippen MR) is 180 cm³/mol. The van der Waals surface area contributed by atoms with E-state index in [1.54, 1.807) is 54.6 Å². The van der Waals surface area contributed by atoms with Crippen LogP contribution in [0.25, 0.3) is 5.76 Å². The Morgan fingerprint density at radius 1 is 0.936 bits per heavy atom. The highest BCUT2D eigenvalue weighted by Crippen LogP contribution is 2.46. The number of rotatable bonds is 11. The largest absolute Gasteiger partial charge is 0.507 e. The van der Waals surface area contributed by atoms with E-state index in [0.29, 0.717) is 51.0 Å². The molecule has 0 radical (unpaired) electrons. The molecule has 1 saturated heterocycles. The molecular weight excluding hydrogens is 661 g/mol. The number of ether oxygens (including phenoxy) is 2. The van der Waals surface area contributed by atoms with Gasteiger partial charge in [-0.05, 0) is 72.1 Å². The van der Waals surface area contributed by atoms with Crippen LogP contribution in [0.3, 0.4) is 0 Å². The van der Waals surface area contributed by atoms with E-state index in [1.165, 1.54) is 28.8 Å². The molecular formula is C35H27ClFN3O5S2. The number of carbonyl (C=O) groups excluding carboxylic acids is 2. The maximum Gasteiger partial charge on any atom is 0.301 e. The number of thioether (sulfide) groups is 1. The number of aliphatic hydroxyl groups is 1. The van der Waals surface area contributed by atoms with E-state index in [1.807, 2.05) is 37.3 Å². The topological polar surface area (TPSA) is 102 Å². The lowest BCUT2D eigenvalue weighted by Gasteiger charge is -2.23. The maximum atomic E-state index is 13.7. The number of Topliss-reactive ketones (excluding diaryl/α,β-unsaturated/α-hetero) is 1. The molecule has 1 unspecified atom stereocenters. The molecule has 12 heteroatoms. The zero-order chi connectivity index (χ0) is 32.9. The lowest BCUT2D eigenvalue weighted by molar-refractivity contribution is -0.132. The van der Waals surface area contributed by atoms with E-state index in [9.17, 15) is 19.1 Å². The molecule has 1 aliphatic rings. The van der Waals surface area contributed by atoms with Crippen molar-refractivity contribution < 1.29 is 28.6 Å². The number of hydrogen-bond donors (Lipinski definition) is 1. The Kier molecular flexibility index (Phi) is 9.86. The molecule has 0 spiro atoms. The molecule has 6 rings (SSSR count). The first-order valence-corrected chi connectivity index (χ1v) is 16.7. The van der Waals surface area contributed by atoms with Crippen LogP contribution >= 0.6 is 34.7 Å². The third-order valence-corrected chi connectivity index (χ3v) is 9.64. The number of carbonyl (C=O) groups is 2. The Balaban J connectivity index is 1.39. The van der Waals surface area contributed by atoms with E-state index in [4.69, 9.17) is 21.1 Å². The van der Waals surface area contributed by atoms with Crippen molar-refractivity contribution in [2.75, 3.05) is 11.5 Å². The monoisotopic (exact) mass is 687 g/mol. The first kappa shape index (κ1) is 32.2. The van der Waals surface area contributed by atoms with Crippen LogP contribution in [0.1, 0.15) is 35.2 Å². The predicted octanol–water partition coefficient (Wildman–Crippen LogP) is 8.23. The summed E-state index contributed by atoms with van der Waals surface area (Å²) >= 11 is 8.57. The molecule has 1 atom stereocenters. The van der Waals surface area contributed by atoms with Crippen molar-refractivity contribution in [3.63, 3.8) is 0 Å². The van der Waals surface area contributed by atoms with Crippen molar-refractivity contribution in [3.05, 3.63) is 136 Å². The summed E-state index contributed by atoms with van der Waals surface area (Å²) in [5, 5.41) is 20.6. The molecule has 2 heterocycles. The summed E-state index contributed by atoms with van der Waals surface area (Å²) in [5.41, 5.74) is 2.55. The third kappa shape index (κ3) is 7.17. The molecule has 238 valence electrons. The fraction of sp³-hybridized carbons (Fsp3) is 0.143. The minimum absolute atomic E-state index is 0.117. The molecule has 1 aromatic heterocycles. The number of ketones is 1. The van der Waals surface area contributed by atoms with Gasteiger partial charge < -0.3 is 14.6 Å². The molecule has 47 heavy (non-hydrogen) atoms. The van der Waals surface area contributed by atoms with Gasteiger partial charge >= 0.3 is 5.91 Å². The van der Waals surface area contributed by atoms with Gasteiger partial charge in [0.25, 0.3) is 5.78 Å². The average molecular weight is 688 g/mol. The fourth-order valence-corrected chi connectivity index (χ4v) is 6.96. The Morgan fingerprint density at radius 3 is 2.40 bits per heavy atom. The van der Waals surface area contributed by atoms with E-state index in [-0.39, 0.29) is 22.3 Å². The molecule has 1 fully saturated rings. The van der Waals surface area contributed by atoms with Crippen molar-refractivity contribution >= 4 is 57.3 Å². The van der Waals surface area contributed by atoms with E-state index in [2.05, 4.69) is 10.2 Å². The Hall–Kier alpha value is -4.71. The zero-order valence-electron chi connectivity index (χ0n) is 24.9. The van der Waals surface area contributed by atoms with Crippen molar-refractivity contribution in [1.29, 1.82) is 0 Å². The maximum absolute atomic E-state index is 13.7. The number of anilines is 1. The second-order valence-corrected chi connectivity index (χ2v) is 13.0. The van der Waals surface area contributed by atoms with Gasteiger partial charge in [0.2, 0.25) is 5.13 Å². The SMILES string of the molecule is CCOc1cc(C2/C(=C(\O)c3ccc(Cl)cc3)C(=O)C(=O)N2c2nnc(SCc3ccc(F)cc3)s2)ccc1OCc1ccccc1. The summed E-state index contributed by atoms with van der Waals surface area (Å²) < 4.78 is 25.9. The number of aromatic nitrogens is 2. The number of hydrogen-bond acceptors (Lipinski definition) is 9. The van der Waals surface area contributed by atoms with Crippen LogP contribution in [-0.2, 0) is 21.9 Å². The van der Waals surface area contributed by atoms with Crippen LogP contribution in [0, 0.1) is 5.82 Å². The lowest BCUT2D eigenvalue weighted by atomic mass is 9.95. The van der Waals surface area contributed by atoms with Gasteiger partial charge in [0.05, 0.1) is 18.2 Å². The first-order valence-electron chi connectivity index (χ1n) is 14.5. The van der Waals surface area contributed by atoms with Crippen LogP contribution in [-0.4, -0.2) is 33.6 Å². The highest BCUT2D eigenvalue weighted by atomic mass is 35.5. The van der Waals surface area contributed by atoms with Crippen molar-refractivity contribution in [2.24, 2.45) is 0 Å². The summed E-state index contributed by atoms with van der Waals surface area (Å²) in [7, 11) is 0. The van der Waals surface area contributed by atoms with Crippen LogP contribution in [0.2, 0.25) is 5.02 Å². The molecule has 1 aliphatic heterocycles. The molecule has 8 nitrogen and oxygen atoms in total. The fourth-order valence-electron chi connectivity index (χ4n) is 5.01. The quantitative estimate of drug-likeness (QED) is 0.0487. The minimum Gasteiger partial charge on any atom is -0.507 e. The van der Waals surface area contributed by atoms with Gasteiger partial charge in [-0.2, -0.15) is 0 Å². The van der Waals surface area contributed by atoms with Crippen LogP contribution in [0.4, 0.5) is 9.52 Å². The molecule has 1 N–H and O–H groups in total. The van der Waals surface area contributed by atoms with Gasteiger partial charge in [-0.15, -0.1) is 10.2 Å². The summed E-state index contributed by atoms with van der Waals surface area (Å²) in [6, 6.07) is 26.2. The van der Waals surface area contributed by atoms with Gasteiger partial charge in [-0.1, -0.05) is 83.2 Å². The van der Waals surface area contributed by atoms with E-state index < -0.39 is 17.7 Å². The number of nitrogens with zero attached hydrogens (tertiary/aromatic N) is 3. The zero-order valence-corrected chi connectivity index (χ0v) is 27.3. The van der Waals surface area contributed by atoms with E-state index >= 15 is 0 Å². The molecule has 0 bridgehead atoms. The second kappa shape index (κ2) is 14.4. The summed E-state index contributed by atoms with van der Waals surface area (Å²) in [4.78, 5) is 28.6. The van der Waals surface area contributed by atoms with E-state index in [0.717, 1.165) is 22.5 Å². The van der Waals surface area contributed by atoms with Gasteiger partial charge in [0.15, 0.2) is 15.8 Å². The Morgan fingerprint density at radius 2 is 1.68 bits per heavy atom. The third-order valence-electron chi connectivity index (χ3n) is 7.26. The first-order chi connectivity index (χ1) is 22.8. The second-order valence-electron chi connectivity index (χ2n) is 10.4. The van der Waals surface area contributed by atoms with Crippen molar-refractivity contribution in [2.45, 2.75) is 29.7 Å². The summed E-state index contributed by atoms with van der Waals surface area (Å²) in [5.74, 6) is -1.04. The van der Waals surface area contributed by atoms with Gasteiger partial charge in [-0.25, -0.2) is 4.39 Å². The highest BCUT2D eigenvalue weighted by molar-refractivity contribution is 8.00. The standard InChI is InChI=1S/C35H27ClFN3O5S2/c1-2-44-28-18-24(12-17-27(28)45-19-21-6-4-3-5-7-21)30-29(31(41)23-10-13-25(36)14-11-23)32(42)33(43)40(30)34-38-39-35(47-34)46-20-22-8-15-26(37)16-9-22/h3-18,30,41H,2,19-20H2,1H3/b31-29+. The lowest BCUT2D eigenvalue weighted by Crippen LogP contribution is -2.29. The van der Waals surface area contributed by atoms with Crippen molar-refractivity contribution in [3.8, 4) is 11.5 Å². The summed E-state index contributed by atoms with van der Waals surface area (Å²) in [6.07, 6.45) is 0. The molecule has 1 amide bonds. The number of amides is 1. The van der Waals surface area contributed by atoms with Crippen LogP contribution in [0.15, 0.2) is 107 Å². The molecule has 0 saturated carbocycles. The smallest absolute Gasteiger partial charge is 0.301 e. The van der Waals surface area contributed by atoms with Gasteiger partial charge in [-0.3, -0.25) is 14.5 Å². The molecule has 4 aromatic carbocycles. The normalized spacial score (nSPS) is 15.6. The minimum atomic E-state index is -1.06. The van der Waals surface area contributed by atoms with Gasteiger partial charge in [0, 0.05) is 16.3 Å². The van der Waals surface area contributed by atoms with Crippen molar-refractivity contribution in [1.82, 2.24) is 10.2 Å². The molecule has 0 aliphatic carbocycles. The molecule has 5 aromatic rings. The van der Waals surface area contributed by atoms with Crippen LogP contribution < -0.4 is 14.4 Å². The number of aliphatic hydroxyl groups excluding tert-OH is 1. The Bertz CT molecular complexity index is 1940.